The van der Waals surface area contributed by atoms with Crippen LogP contribution in [0, 0.1) is 5.92 Å². The monoisotopic (exact) mass is 199 g/mol. The molecule has 0 aliphatic carbocycles. The van der Waals surface area contributed by atoms with Crippen LogP contribution in [0.3, 0.4) is 0 Å². The van der Waals surface area contributed by atoms with Gasteiger partial charge in [0.15, 0.2) is 0 Å². The Morgan fingerprint density at radius 3 is 1.79 bits per heavy atom. The van der Waals surface area contributed by atoms with Crippen molar-refractivity contribution in [3.8, 4) is 0 Å². The number of carbonyl (C=O) groups is 2. The van der Waals surface area contributed by atoms with Crippen molar-refractivity contribution in [2.45, 2.75) is 40.5 Å². The first-order valence-corrected chi connectivity index (χ1v) is 5.37. The Balaban J connectivity index is 0.000000791. The van der Waals surface area contributed by atoms with E-state index < -0.39 is 0 Å². The molecular formula is C11H21NO2. The molecule has 0 saturated carbocycles. The Bertz CT molecular complexity index is 171. The third-order valence-corrected chi connectivity index (χ3v) is 2.52. The number of Topliss-reactive ketones (excluding diaryl/α,β-unsaturated/α-hetero) is 1. The standard InChI is InChI=1S/C9H15NO2.C2H6/c1-7(11)9-3-5-10(6-4-9)8(2)12;1-2/h9H,3-6H2,1-2H3;1-2H3. The van der Waals surface area contributed by atoms with Gasteiger partial charge in [-0.15, -0.1) is 0 Å². The van der Waals surface area contributed by atoms with Gasteiger partial charge in [-0.2, -0.15) is 0 Å². The molecule has 0 aromatic carbocycles. The summed E-state index contributed by atoms with van der Waals surface area (Å²) in [6.45, 7) is 8.71. The fourth-order valence-electron chi connectivity index (χ4n) is 1.60. The molecule has 14 heavy (non-hydrogen) atoms. The summed E-state index contributed by atoms with van der Waals surface area (Å²) >= 11 is 0. The zero-order chi connectivity index (χ0) is 11.1. The van der Waals surface area contributed by atoms with Crippen molar-refractivity contribution in [3.63, 3.8) is 0 Å². The molecule has 1 fully saturated rings. The first-order chi connectivity index (χ1) is 6.61. The molecule has 0 aromatic heterocycles. The SMILES string of the molecule is CC.CC(=O)C1CCN(C(C)=O)CC1. The van der Waals surface area contributed by atoms with Gasteiger partial charge in [0.2, 0.25) is 5.91 Å². The molecule has 1 saturated heterocycles. The highest BCUT2D eigenvalue weighted by Crippen LogP contribution is 2.17. The summed E-state index contributed by atoms with van der Waals surface area (Å²) in [6.07, 6.45) is 1.68. The van der Waals surface area contributed by atoms with E-state index in [9.17, 15) is 9.59 Å². The highest BCUT2D eigenvalue weighted by molar-refractivity contribution is 5.79. The summed E-state index contributed by atoms with van der Waals surface area (Å²) in [5.74, 6) is 0.579. The van der Waals surface area contributed by atoms with Crippen molar-refractivity contribution in [1.29, 1.82) is 0 Å². The predicted octanol–water partition coefficient (Wildman–Crippen LogP) is 1.86. The van der Waals surface area contributed by atoms with Crippen LogP contribution in [0.25, 0.3) is 0 Å². The van der Waals surface area contributed by atoms with Gasteiger partial charge in [0, 0.05) is 25.9 Å². The quantitative estimate of drug-likeness (QED) is 0.646. The third-order valence-electron chi connectivity index (χ3n) is 2.52. The van der Waals surface area contributed by atoms with Crippen LogP contribution in [0.4, 0.5) is 0 Å². The number of ketones is 1. The summed E-state index contributed by atoms with van der Waals surface area (Å²) in [4.78, 5) is 23.7. The highest BCUT2D eigenvalue weighted by Gasteiger charge is 2.22. The first kappa shape index (κ1) is 13.1. The largest absolute Gasteiger partial charge is 0.343 e. The minimum Gasteiger partial charge on any atom is -0.343 e. The molecule has 3 heteroatoms. The molecule has 3 nitrogen and oxygen atoms in total. The topological polar surface area (TPSA) is 37.4 Å². The third kappa shape index (κ3) is 3.90. The maximum absolute atomic E-state index is 11.0. The fraction of sp³-hybridized carbons (Fsp3) is 0.818. The fourth-order valence-corrected chi connectivity index (χ4v) is 1.60. The number of nitrogens with zero attached hydrogens (tertiary/aromatic N) is 1. The number of rotatable bonds is 1. The van der Waals surface area contributed by atoms with E-state index in [0.717, 1.165) is 25.9 Å². The Morgan fingerprint density at radius 1 is 1.07 bits per heavy atom. The van der Waals surface area contributed by atoms with Crippen LogP contribution in [0.1, 0.15) is 40.5 Å². The molecule has 0 atom stereocenters. The predicted molar refractivity (Wildman–Crippen MR) is 57.0 cm³/mol. The Hall–Kier alpha value is -0.860. The van der Waals surface area contributed by atoms with Crippen molar-refractivity contribution in [2.75, 3.05) is 13.1 Å². The van der Waals surface area contributed by atoms with E-state index in [2.05, 4.69) is 0 Å². The van der Waals surface area contributed by atoms with Gasteiger partial charge in [-0.1, -0.05) is 13.8 Å². The van der Waals surface area contributed by atoms with Crippen molar-refractivity contribution >= 4 is 11.7 Å². The Morgan fingerprint density at radius 2 is 1.50 bits per heavy atom. The van der Waals surface area contributed by atoms with E-state index in [1.165, 1.54) is 0 Å². The van der Waals surface area contributed by atoms with Crippen LogP contribution < -0.4 is 0 Å². The van der Waals surface area contributed by atoms with Crippen molar-refractivity contribution in [1.82, 2.24) is 4.90 Å². The van der Waals surface area contributed by atoms with Gasteiger partial charge < -0.3 is 4.90 Å². The van der Waals surface area contributed by atoms with Gasteiger partial charge in [0.25, 0.3) is 0 Å². The zero-order valence-corrected chi connectivity index (χ0v) is 9.67. The number of hydrogen-bond acceptors (Lipinski definition) is 2. The molecule has 0 N–H and O–H groups in total. The van der Waals surface area contributed by atoms with Gasteiger partial charge in [-0.25, -0.2) is 0 Å². The molecule has 0 radical (unpaired) electrons. The van der Waals surface area contributed by atoms with E-state index in [1.54, 1.807) is 18.7 Å². The lowest BCUT2D eigenvalue weighted by atomic mass is 9.93. The van der Waals surface area contributed by atoms with Crippen molar-refractivity contribution < 1.29 is 9.59 Å². The lowest BCUT2D eigenvalue weighted by Crippen LogP contribution is -2.38. The smallest absolute Gasteiger partial charge is 0.219 e. The lowest BCUT2D eigenvalue weighted by Gasteiger charge is -2.29. The van der Waals surface area contributed by atoms with Crippen LogP contribution >= 0.6 is 0 Å². The van der Waals surface area contributed by atoms with Crippen molar-refractivity contribution in [2.24, 2.45) is 5.92 Å². The van der Waals surface area contributed by atoms with Crippen LogP contribution in [-0.2, 0) is 9.59 Å². The molecule has 0 unspecified atom stereocenters. The van der Waals surface area contributed by atoms with Crippen LogP contribution in [0.15, 0.2) is 0 Å². The molecule has 0 spiro atoms. The molecule has 1 aliphatic rings. The van der Waals surface area contributed by atoms with Crippen LogP contribution in [0.5, 0.6) is 0 Å². The van der Waals surface area contributed by atoms with E-state index in [4.69, 9.17) is 0 Å². The first-order valence-electron chi connectivity index (χ1n) is 5.37. The molecule has 82 valence electrons. The summed E-state index contributed by atoms with van der Waals surface area (Å²) in [5, 5.41) is 0. The maximum Gasteiger partial charge on any atom is 0.219 e. The Labute approximate surface area is 86.5 Å². The van der Waals surface area contributed by atoms with Gasteiger partial charge in [0.05, 0.1) is 0 Å². The maximum atomic E-state index is 11.0. The number of piperidine rings is 1. The molecule has 1 rings (SSSR count). The van der Waals surface area contributed by atoms with E-state index in [1.807, 2.05) is 13.8 Å². The number of hydrogen-bond donors (Lipinski definition) is 0. The van der Waals surface area contributed by atoms with Gasteiger partial charge >= 0.3 is 0 Å². The highest BCUT2D eigenvalue weighted by atomic mass is 16.2. The summed E-state index contributed by atoms with van der Waals surface area (Å²) < 4.78 is 0. The van der Waals surface area contributed by atoms with Gasteiger partial charge in [0.1, 0.15) is 5.78 Å². The lowest BCUT2D eigenvalue weighted by molar-refractivity contribution is -0.132. The average molecular weight is 199 g/mol. The van der Waals surface area contributed by atoms with Crippen LogP contribution in [0.2, 0.25) is 0 Å². The molecule has 1 amide bonds. The molecule has 0 aromatic rings. The number of carbonyl (C=O) groups excluding carboxylic acids is 2. The minimum absolute atomic E-state index is 0.122. The second kappa shape index (κ2) is 6.57. The second-order valence-electron chi connectivity index (χ2n) is 3.39. The van der Waals surface area contributed by atoms with Gasteiger partial charge in [-0.3, -0.25) is 9.59 Å². The van der Waals surface area contributed by atoms with Gasteiger partial charge in [-0.05, 0) is 19.8 Å². The molecule has 1 heterocycles. The minimum atomic E-state index is 0.122. The number of amides is 1. The molecule has 0 bridgehead atoms. The van der Waals surface area contributed by atoms with Crippen molar-refractivity contribution in [3.05, 3.63) is 0 Å². The van der Waals surface area contributed by atoms with Crippen LogP contribution in [-0.4, -0.2) is 29.7 Å². The van der Waals surface area contributed by atoms with E-state index in [0.29, 0.717) is 0 Å². The normalized spacial score (nSPS) is 17.0. The summed E-state index contributed by atoms with van der Waals surface area (Å²) in [6, 6.07) is 0. The zero-order valence-electron chi connectivity index (χ0n) is 9.67. The summed E-state index contributed by atoms with van der Waals surface area (Å²) in [5.41, 5.74) is 0. The van der Waals surface area contributed by atoms with E-state index >= 15 is 0 Å². The molecule has 1 aliphatic heterocycles. The summed E-state index contributed by atoms with van der Waals surface area (Å²) in [7, 11) is 0. The Kier molecular flexibility index (Phi) is 6.17. The number of likely N-dealkylation sites (tertiary alicyclic amines) is 1. The average Bonchev–Trinajstić information content (AvgIpc) is 2.21. The van der Waals surface area contributed by atoms with E-state index in [-0.39, 0.29) is 17.6 Å². The molecular weight excluding hydrogens is 178 g/mol. The second-order valence-corrected chi connectivity index (χ2v) is 3.39.